The van der Waals surface area contributed by atoms with Gasteiger partial charge in [0, 0.05) is 12.6 Å². The minimum absolute atomic E-state index is 0. The molecule has 0 spiro atoms. The summed E-state index contributed by atoms with van der Waals surface area (Å²) in [6, 6.07) is 6.54. The summed E-state index contributed by atoms with van der Waals surface area (Å²) in [5.41, 5.74) is 1.22. The second kappa shape index (κ2) is 5.24. The Kier molecular flexibility index (Phi) is 4.24. The molecule has 4 heteroatoms. The number of ether oxygens (including phenoxy) is 2. The van der Waals surface area contributed by atoms with Gasteiger partial charge in [0.05, 0.1) is 0 Å². The van der Waals surface area contributed by atoms with Gasteiger partial charge < -0.3 is 14.8 Å². The van der Waals surface area contributed by atoms with Crippen molar-refractivity contribution in [2.24, 2.45) is 0 Å². The highest BCUT2D eigenvalue weighted by Crippen LogP contribution is 2.32. The minimum Gasteiger partial charge on any atom is -0.454 e. The highest BCUT2D eigenvalue weighted by Gasteiger charge is 2.12. The molecule has 0 saturated heterocycles. The van der Waals surface area contributed by atoms with Crippen molar-refractivity contribution in [1.82, 2.24) is 5.32 Å². The van der Waals surface area contributed by atoms with Gasteiger partial charge in [-0.05, 0) is 17.7 Å². The summed E-state index contributed by atoms with van der Waals surface area (Å²) in [5, 5.41) is 3.36. The van der Waals surface area contributed by atoms with Crippen LogP contribution < -0.4 is 14.8 Å². The summed E-state index contributed by atoms with van der Waals surface area (Å²) in [7, 11) is 0. The Bertz CT molecular complexity index is 328. The van der Waals surface area contributed by atoms with E-state index >= 15 is 0 Å². The van der Waals surface area contributed by atoms with Gasteiger partial charge in [0.15, 0.2) is 11.5 Å². The first-order valence-corrected chi connectivity index (χ1v) is 4.87. The van der Waals surface area contributed by atoms with E-state index < -0.39 is 0 Å². The molecular formula is C11H16ClNO2. The summed E-state index contributed by atoms with van der Waals surface area (Å²) in [6.45, 7) is 5.48. The molecule has 1 heterocycles. The number of hydrogen-bond acceptors (Lipinski definition) is 3. The van der Waals surface area contributed by atoms with Crippen LogP contribution in [-0.4, -0.2) is 12.8 Å². The van der Waals surface area contributed by atoms with E-state index in [-0.39, 0.29) is 12.4 Å². The third-order valence-corrected chi connectivity index (χ3v) is 2.15. The van der Waals surface area contributed by atoms with Gasteiger partial charge in [-0.3, -0.25) is 0 Å². The van der Waals surface area contributed by atoms with Gasteiger partial charge in [0.2, 0.25) is 6.79 Å². The average molecular weight is 230 g/mol. The predicted molar refractivity (Wildman–Crippen MR) is 61.8 cm³/mol. The molecule has 0 amide bonds. The van der Waals surface area contributed by atoms with Crippen LogP contribution in [0.15, 0.2) is 18.2 Å². The van der Waals surface area contributed by atoms with Crippen LogP contribution in [0.4, 0.5) is 0 Å². The summed E-state index contributed by atoms with van der Waals surface area (Å²) >= 11 is 0. The number of hydrogen-bond donors (Lipinski definition) is 1. The van der Waals surface area contributed by atoms with Gasteiger partial charge in [-0.2, -0.15) is 0 Å². The van der Waals surface area contributed by atoms with Gasteiger partial charge in [-0.15, -0.1) is 12.4 Å². The number of nitrogens with one attached hydrogen (secondary N) is 1. The predicted octanol–water partition coefficient (Wildman–Crippen LogP) is 2.34. The van der Waals surface area contributed by atoms with Crippen LogP contribution in [0.2, 0.25) is 0 Å². The van der Waals surface area contributed by atoms with Crippen LogP contribution in [0, 0.1) is 0 Å². The van der Waals surface area contributed by atoms with E-state index in [2.05, 4.69) is 25.2 Å². The van der Waals surface area contributed by atoms with E-state index in [0.717, 1.165) is 18.0 Å². The van der Waals surface area contributed by atoms with Crippen molar-refractivity contribution in [3.05, 3.63) is 23.8 Å². The van der Waals surface area contributed by atoms with Crippen molar-refractivity contribution >= 4 is 12.4 Å². The lowest BCUT2D eigenvalue weighted by Gasteiger charge is -2.08. The lowest BCUT2D eigenvalue weighted by atomic mass is 10.2. The molecule has 1 aromatic carbocycles. The van der Waals surface area contributed by atoms with Gasteiger partial charge in [0.25, 0.3) is 0 Å². The van der Waals surface area contributed by atoms with Crippen molar-refractivity contribution in [3.63, 3.8) is 0 Å². The second-order valence-corrected chi connectivity index (χ2v) is 3.72. The molecular weight excluding hydrogens is 214 g/mol. The Morgan fingerprint density at radius 3 is 2.73 bits per heavy atom. The largest absolute Gasteiger partial charge is 0.454 e. The van der Waals surface area contributed by atoms with Gasteiger partial charge in [-0.1, -0.05) is 19.9 Å². The fourth-order valence-corrected chi connectivity index (χ4v) is 1.37. The lowest BCUT2D eigenvalue weighted by molar-refractivity contribution is 0.174. The van der Waals surface area contributed by atoms with Crippen molar-refractivity contribution < 1.29 is 9.47 Å². The number of benzene rings is 1. The second-order valence-electron chi connectivity index (χ2n) is 3.72. The Labute approximate surface area is 96.2 Å². The first kappa shape index (κ1) is 12.1. The van der Waals surface area contributed by atoms with Gasteiger partial charge in [-0.25, -0.2) is 0 Å². The molecule has 0 atom stereocenters. The molecule has 0 aromatic heterocycles. The third-order valence-electron chi connectivity index (χ3n) is 2.15. The van der Waals surface area contributed by atoms with E-state index in [0.29, 0.717) is 12.8 Å². The van der Waals surface area contributed by atoms with Crippen LogP contribution in [0.3, 0.4) is 0 Å². The highest BCUT2D eigenvalue weighted by molar-refractivity contribution is 5.85. The zero-order valence-electron chi connectivity index (χ0n) is 8.95. The Balaban J connectivity index is 0.00000112. The maximum absolute atomic E-state index is 5.30. The maximum atomic E-state index is 5.30. The number of fused-ring (bicyclic) bond motifs is 1. The van der Waals surface area contributed by atoms with Crippen molar-refractivity contribution in [2.45, 2.75) is 26.4 Å². The Morgan fingerprint density at radius 1 is 1.27 bits per heavy atom. The molecule has 84 valence electrons. The first-order valence-electron chi connectivity index (χ1n) is 4.87. The Hall–Kier alpha value is -0.930. The third kappa shape index (κ3) is 3.01. The quantitative estimate of drug-likeness (QED) is 0.863. The van der Waals surface area contributed by atoms with Crippen LogP contribution in [0.5, 0.6) is 11.5 Å². The molecule has 0 unspecified atom stereocenters. The monoisotopic (exact) mass is 229 g/mol. The fourth-order valence-electron chi connectivity index (χ4n) is 1.37. The van der Waals surface area contributed by atoms with Gasteiger partial charge >= 0.3 is 0 Å². The number of halogens is 1. The summed E-state index contributed by atoms with van der Waals surface area (Å²) < 4.78 is 10.5. The van der Waals surface area contributed by atoms with Crippen molar-refractivity contribution in [3.8, 4) is 11.5 Å². The van der Waals surface area contributed by atoms with E-state index in [4.69, 9.17) is 9.47 Å². The molecule has 1 aliphatic heterocycles. The van der Waals surface area contributed by atoms with Crippen LogP contribution in [0.25, 0.3) is 0 Å². The fraction of sp³-hybridized carbons (Fsp3) is 0.455. The average Bonchev–Trinajstić information content (AvgIpc) is 2.61. The van der Waals surface area contributed by atoms with Crippen LogP contribution in [0.1, 0.15) is 19.4 Å². The van der Waals surface area contributed by atoms with E-state index in [9.17, 15) is 0 Å². The maximum Gasteiger partial charge on any atom is 0.231 e. The number of rotatable bonds is 3. The Morgan fingerprint density at radius 2 is 2.00 bits per heavy atom. The normalized spacial score (nSPS) is 12.7. The highest BCUT2D eigenvalue weighted by atomic mass is 35.5. The molecule has 0 bridgehead atoms. The van der Waals surface area contributed by atoms with E-state index in [1.54, 1.807) is 0 Å². The molecule has 0 radical (unpaired) electrons. The van der Waals surface area contributed by atoms with E-state index in [1.807, 2.05) is 12.1 Å². The standard InChI is InChI=1S/C11H15NO2.ClH/c1-8(2)12-6-9-3-4-10-11(5-9)14-7-13-10;/h3-5,8,12H,6-7H2,1-2H3;1H. The molecule has 2 rings (SSSR count). The summed E-state index contributed by atoms with van der Waals surface area (Å²) in [4.78, 5) is 0. The molecule has 0 aliphatic carbocycles. The summed E-state index contributed by atoms with van der Waals surface area (Å²) in [5.74, 6) is 1.70. The molecule has 1 N–H and O–H groups in total. The molecule has 0 saturated carbocycles. The smallest absolute Gasteiger partial charge is 0.231 e. The van der Waals surface area contributed by atoms with Crippen LogP contribution in [-0.2, 0) is 6.54 Å². The molecule has 0 fully saturated rings. The van der Waals surface area contributed by atoms with Gasteiger partial charge in [0.1, 0.15) is 0 Å². The first-order chi connectivity index (χ1) is 6.75. The van der Waals surface area contributed by atoms with Crippen molar-refractivity contribution in [2.75, 3.05) is 6.79 Å². The zero-order chi connectivity index (χ0) is 9.97. The summed E-state index contributed by atoms with van der Waals surface area (Å²) in [6.07, 6.45) is 0. The topological polar surface area (TPSA) is 30.5 Å². The molecule has 15 heavy (non-hydrogen) atoms. The minimum atomic E-state index is 0. The molecule has 1 aromatic rings. The molecule has 1 aliphatic rings. The van der Waals surface area contributed by atoms with Crippen molar-refractivity contribution in [1.29, 1.82) is 0 Å². The van der Waals surface area contributed by atoms with Crippen LogP contribution >= 0.6 is 12.4 Å². The SMILES string of the molecule is CC(C)NCc1ccc2c(c1)OCO2.Cl. The molecule has 3 nitrogen and oxygen atoms in total. The van der Waals surface area contributed by atoms with E-state index in [1.165, 1.54) is 5.56 Å². The zero-order valence-corrected chi connectivity index (χ0v) is 9.76. The lowest BCUT2D eigenvalue weighted by Crippen LogP contribution is -2.21.